The Morgan fingerprint density at radius 3 is 2.32 bits per heavy atom. The molecule has 2 aromatic rings. The van der Waals surface area contributed by atoms with E-state index in [0.29, 0.717) is 32.5 Å². The van der Waals surface area contributed by atoms with Crippen LogP contribution in [-0.2, 0) is 32.5 Å². The van der Waals surface area contributed by atoms with Crippen LogP contribution >= 0.6 is 0 Å². The van der Waals surface area contributed by atoms with Crippen LogP contribution in [0, 0.1) is 0 Å². The van der Waals surface area contributed by atoms with Crippen LogP contribution in [0.3, 0.4) is 0 Å². The van der Waals surface area contributed by atoms with Crippen LogP contribution in [0.2, 0.25) is 0 Å². The molecule has 0 radical (unpaired) electrons. The number of alkyl halides is 3. The molecule has 2 aliphatic heterocycles. The third-order valence-corrected chi connectivity index (χ3v) is 6.28. The monoisotopic (exact) mass is 432 g/mol. The molecule has 2 aliphatic rings. The van der Waals surface area contributed by atoms with Gasteiger partial charge in [-0.05, 0) is 55.3 Å². The van der Waals surface area contributed by atoms with E-state index < -0.39 is 23.1 Å². The molecule has 1 saturated heterocycles. The van der Waals surface area contributed by atoms with Crippen LogP contribution in [0.5, 0.6) is 0 Å². The smallest absolute Gasteiger partial charge is 0.416 e. The van der Waals surface area contributed by atoms with Gasteiger partial charge in [-0.3, -0.25) is 14.5 Å². The molecular weight excluding hydrogens is 409 g/mol. The summed E-state index contributed by atoms with van der Waals surface area (Å²) in [4.78, 5) is 28.9. The number of halogens is 3. The van der Waals surface area contributed by atoms with Gasteiger partial charge in [0.05, 0.1) is 18.1 Å². The molecule has 1 amide bonds. The molecule has 8 heteroatoms. The Bertz CT molecular complexity index is 980. The van der Waals surface area contributed by atoms with Crippen LogP contribution in [0.25, 0.3) is 0 Å². The first kappa shape index (κ1) is 21.4. The highest BCUT2D eigenvalue weighted by Gasteiger charge is 2.52. The number of para-hydroxylation sites is 1. The van der Waals surface area contributed by atoms with Gasteiger partial charge >= 0.3 is 12.1 Å². The highest BCUT2D eigenvalue weighted by atomic mass is 19.4. The Morgan fingerprint density at radius 2 is 1.71 bits per heavy atom. The number of methoxy groups -OCH3 is 1. The SMILES string of the molecule is COC(=O)CN1C(=O)C2(CCN(Cc3ccc(C(F)(F)F)cc3)CC2)c2ccccc21. The van der Waals surface area contributed by atoms with E-state index in [1.165, 1.54) is 24.1 Å². The molecule has 0 atom stereocenters. The molecule has 164 valence electrons. The Morgan fingerprint density at radius 1 is 1.06 bits per heavy atom. The number of hydrogen-bond acceptors (Lipinski definition) is 4. The molecule has 5 nitrogen and oxygen atoms in total. The quantitative estimate of drug-likeness (QED) is 0.691. The van der Waals surface area contributed by atoms with Crippen molar-refractivity contribution >= 4 is 17.6 Å². The number of nitrogens with zero attached hydrogens (tertiary/aromatic N) is 2. The minimum absolute atomic E-state index is 0.0896. The molecule has 0 unspecified atom stereocenters. The summed E-state index contributed by atoms with van der Waals surface area (Å²) in [6.07, 6.45) is -3.18. The number of likely N-dealkylation sites (tertiary alicyclic amines) is 1. The van der Waals surface area contributed by atoms with Crippen molar-refractivity contribution in [3.63, 3.8) is 0 Å². The van der Waals surface area contributed by atoms with Gasteiger partial charge in [0.2, 0.25) is 5.91 Å². The zero-order chi connectivity index (χ0) is 22.2. The molecule has 0 aliphatic carbocycles. The first-order valence-electron chi connectivity index (χ1n) is 10.1. The van der Waals surface area contributed by atoms with Gasteiger partial charge in [-0.25, -0.2) is 0 Å². The average molecular weight is 432 g/mol. The van der Waals surface area contributed by atoms with Crippen molar-refractivity contribution in [1.29, 1.82) is 0 Å². The number of fused-ring (bicyclic) bond motifs is 2. The third-order valence-electron chi connectivity index (χ3n) is 6.28. The molecular formula is C23H23F3N2O3. The highest BCUT2D eigenvalue weighted by molar-refractivity contribution is 6.10. The Kier molecular flexibility index (Phi) is 5.51. The molecule has 0 saturated carbocycles. The van der Waals surface area contributed by atoms with E-state index in [2.05, 4.69) is 4.90 Å². The number of anilines is 1. The van der Waals surface area contributed by atoms with Crippen molar-refractivity contribution in [2.75, 3.05) is 31.6 Å². The van der Waals surface area contributed by atoms with Gasteiger partial charge in [-0.2, -0.15) is 13.2 Å². The van der Waals surface area contributed by atoms with E-state index in [-0.39, 0.29) is 12.5 Å². The van der Waals surface area contributed by atoms with Crippen LogP contribution < -0.4 is 4.90 Å². The number of piperidine rings is 1. The number of carbonyl (C=O) groups excluding carboxylic acids is 2. The molecule has 1 spiro atoms. The number of rotatable bonds is 4. The molecule has 0 aromatic heterocycles. The van der Waals surface area contributed by atoms with E-state index >= 15 is 0 Å². The number of amides is 1. The number of carbonyl (C=O) groups is 2. The van der Waals surface area contributed by atoms with Crippen molar-refractivity contribution in [1.82, 2.24) is 4.90 Å². The molecule has 0 bridgehead atoms. The summed E-state index contributed by atoms with van der Waals surface area (Å²) in [5.41, 5.74) is 1.13. The average Bonchev–Trinajstić information content (AvgIpc) is 2.98. The Balaban J connectivity index is 1.48. The van der Waals surface area contributed by atoms with E-state index in [1.54, 1.807) is 0 Å². The fourth-order valence-electron chi connectivity index (χ4n) is 4.58. The van der Waals surface area contributed by atoms with E-state index in [4.69, 9.17) is 4.74 Å². The molecule has 0 N–H and O–H groups in total. The van der Waals surface area contributed by atoms with Gasteiger partial charge < -0.3 is 9.64 Å². The topological polar surface area (TPSA) is 49.9 Å². The largest absolute Gasteiger partial charge is 0.468 e. The molecule has 1 fully saturated rings. The standard InChI is InChI=1S/C23H23F3N2O3/c1-31-20(29)15-28-19-5-3-2-4-18(19)22(21(28)30)10-12-27(13-11-22)14-16-6-8-17(9-7-16)23(24,25)26/h2-9H,10-15H2,1H3. The lowest BCUT2D eigenvalue weighted by Gasteiger charge is -2.38. The minimum atomic E-state index is -4.34. The third kappa shape index (κ3) is 3.92. The maximum atomic E-state index is 13.4. The zero-order valence-electron chi connectivity index (χ0n) is 17.1. The maximum absolute atomic E-state index is 13.4. The van der Waals surface area contributed by atoms with Gasteiger partial charge in [0.25, 0.3) is 0 Å². The summed E-state index contributed by atoms with van der Waals surface area (Å²) in [6, 6.07) is 12.7. The fraction of sp³-hybridized carbons (Fsp3) is 0.391. The minimum Gasteiger partial charge on any atom is -0.468 e. The lowest BCUT2D eigenvalue weighted by atomic mass is 9.73. The lowest BCUT2D eigenvalue weighted by molar-refractivity contribution is -0.140. The summed E-state index contributed by atoms with van der Waals surface area (Å²) >= 11 is 0. The second-order valence-corrected chi connectivity index (χ2v) is 8.04. The number of hydrogen-bond donors (Lipinski definition) is 0. The normalized spacial score (nSPS) is 18.3. The van der Waals surface area contributed by atoms with Gasteiger partial charge in [0.15, 0.2) is 0 Å². The summed E-state index contributed by atoms with van der Waals surface area (Å²) in [7, 11) is 1.30. The van der Waals surface area contributed by atoms with Crippen LogP contribution in [-0.4, -0.2) is 43.5 Å². The van der Waals surface area contributed by atoms with Gasteiger partial charge in [0.1, 0.15) is 6.54 Å². The second-order valence-electron chi connectivity index (χ2n) is 8.04. The van der Waals surface area contributed by atoms with Crippen molar-refractivity contribution in [2.45, 2.75) is 31.0 Å². The van der Waals surface area contributed by atoms with Crippen molar-refractivity contribution in [2.24, 2.45) is 0 Å². The first-order valence-corrected chi connectivity index (χ1v) is 10.1. The number of benzene rings is 2. The summed E-state index contributed by atoms with van der Waals surface area (Å²) < 4.78 is 43.0. The Hall–Kier alpha value is -2.87. The summed E-state index contributed by atoms with van der Waals surface area (Å²) in [6.45, 7) is 1.67. The Labute approximate surface area is 178 Å². The highest BCUT2D eigenvalue weighted by Crippen LogP contribution is 2.48. The van der Waals surface area contributed by atoms with Crippen molar-refractivity contribution in [3.05, 3.63) is 65.2 Å². The fourth-order valence-corrected chi connectivity index (χ4v) is 4.58. The molecule has 4 rings (SSSR count). The van der Waals surface area contributed by atoms with Gasteiger partial charge in [0, 0.05) is 12.2 Å². The van der Waals surface area contributed by atoms with Gasteiger partial charge in [-0.15, -0.1) is 0 Å². The second kappa shape index (κ2) is 8.00. The van der Waals surface area contributed by atoms with E-state index in [9.17, 15) is 22.8 Å². The van der Waals surface area contributed by atoms with Crippen LogP contribution in [0.15, 0.2) is 48.5 Å². The first-order chi connectivity index (χ1) is 14.7. The number of ether oxygens (including phenoxy) is 1. The van der Waals surface area contributed by atoms with Crippen molar-refractivity contribution in [3.8, 4) is 0 Å². The maximum Gasteiger partial charge on any atom is 0.416 e. The van der Waals surface area contributed by atoms with Gasteiger partial charge in [-0.1, -0.05) is 30.3 Å². The van der Waals surface area contributed by atoms with E-state index in [1.807, 2.05) is 24.3 Å². The lowest BCUT2D eigenvalue weighted by Crippen LogP contribution is -2.49. The molecule has 2 heterocycles. The summed E-state index contributed by atoms with van der Waals surface area (Å²) in [5.74, 6) is -0.562. The summed E-state index contributed by atoms with van der Waals surface area (Å²) in [5, 5.41) is 0. The predicted octanol–water partition coefficient (Wildman–Crippen LogP) is 3.76. The predicted molar refractivity (Wildman–Crippen MR) is 108 cm³/mol. The van der Waals surface area contributed by atoms with Crippen LogP contribution in [0.1, 0.15) is 29.5 Å². The van der Waals surface area contributed by atoms with Crippen LogP contribution in [0.4, 0.5) is 18.9 Å². The molecule has 31 heavy (non-hydrogen) atoms. The van der Waals surface area contributed by atoms with Crippen molar-refractivity contribution < 1.29 is 27.5 Å². The number of esters is 1. The van der Waals surface area contributed by atoms with E-state index in [0.717, 1.165) is 28.9 Å². The molecule has 2 aromatic carbocycles. The zero-order valence-corrected chi connectivity index (χ0v) is 17.1.